The topological polar surface area (TPSA) is 55.1 Å². The number of carbonyl (C=O) groups is 1. The van der Waals surface area contributed by atoms with E-state index >= 15 is 0 Å². The van der Waals surface area contributed by atoms with E-state index in [4.69, 9.17) is 5.73 Å². The Balaban J connectivity index is 2.17. The highest BCUT2D eigenvalue weighted by Gasteiger charge is 2.15. The molecule has 0 aliphatic carbocycles. The zero-order chi connectivity index (χ0) is 14.7. The molecule has 1 amide bonds. The Bertz CT molecular complexity index is 646. The van der Waals surface area contributed by atoms with Gasteiger partial charge in [0.05, 0.1) is 11.6 Å². The molecule has 0 spiro atoms. The maximum absolute atomic E-state index is 13.6. The summed E-state index contributed by atoms with van der Waals surface area (Å²) in [6, 6.07) is 11.3. The second-order valence-corrected chi connectivity index (χ2v) is 5.41. The van der Waals surface area contributed by atoms with Gasteiger partial charge in [0.25, 0.3) is 5.91 Å². The van der Waals surface area contributed by atoms with Crippen LogP contribution in [-0.4, -0.2) is 5.91 Å². The molecule has 3 N–H and O–H groups in total. The second kappa shape index (κ2) is 6.05. The number of nitrogens with two attached hydrogens (primary N) is 1. The van der Waals surface area contributed by atoms with Gasteiger partial charge in [-0.15, -0.1) is 0 Å². The van der Waals surface area contributed by atoms with Gasteiger partial charge in [0, 0.05) is 10.2 Å². The summed E-state index contributed by atoms with van der Waals surface area (Å²) < 4.78 is 14.5. The molecular weight excluding hydrogens is 323 g/mol. The number of hydrogen-bond acceptors (Lipinski definition) is 2. The third kappa shape index (κ3) is 3.36. The molecule has 0 bridgehead atoms. The summed E-state index contributed by atoms with van der Waals surface area (Å²) in [5.74, 6) is -1.07. The average molecular weight is 337 g/mol. The predicted molar refractivity (Wildman–Crippen MR) is 80.8 cm³/mol. The number of amides is 1. The van der Waals surface area contributed by atoms with Gasteiger partial charge in [0.15, 0.2) is 0 Å². The summed E-state index contributed by atoms with van der Waals surface area (Å²) in [5, 5.41) is 2.75. The van der Waals surface area contributed by atoms with Crippen molar-refractivity contribution < 1.29 is 9.18 Å². The van der Waals surface area contributed by atoms with Gasteiger partial charge in [-0.25, -0.2) is 4.39 Å². The van der Waals surface area contributed by atoms with Crippen LogP contribution in [-0.2, 0) is 0 Å². The second-order valence-electron chi connectivity index (χ2n) is 4.49. The smallest absolute Gasteiger partial charge is 0.254 e. The number of nitrogens with one attached hydrogen (secondary N) is 1. The van der Waals surface area contributed by atoms with E-state index in [2.05, 4.69) is 21.2 Å². The molecule has 104 valence electrons. The van der Waals surface area contributed by atoms with Gasteiger partial charge >= 0.3 is 0 Å². The Morgan fingerprint density at radius 2 is 2.05 bits per heavy atom. The van der Waals surface area contributed by atoms with E-state index in [0.717, 1.165) is 10.0 Å². The summed E-state index contributed by atoms with van der Waals surface area (Å²) in [5.41, 5.74) is 6.81. The minimum atomic E-state index is -0.585. The molecule has 2 rings (SSSR count). The zero-order valence-corrected chi connectivity index (χ0v) is 12.4. The molecule has 0 aliphatic rings. The van der Waals surface area contributed by atoms with Crippen molar-refractivity contribution in [1.29, 1.82) is 0 Å². The first kappa shape index (κ1) is 14.5. The zero-order valence-electron chi connectivity index (χ0n) is 10.9. The average Bonchev–Trinajstić information content (AvgIpc) is 2.41. The fraction of sp³-hybridized carbons (Fsp3) is 0.133. The van der Waals surface area contributed by atoms with E-state index in [1.54, 1.807) is 0 Å². The van der Waals surface area contributed by atoms with Crippen LogP contribution in [0.4, 0.5) is 10.1 Å². The van der Waals surface area contributed by atoms with E-state index in [-0.39, 0.29) is 11.6 Å². The van der Waals surface area contributed by atoms with E-state index in [1.165, 1.54) is 18.2 Å². The monoisotopic (exact) mass is 336 g/mol. The van der Waals surface area contributed by atoms with Crippen LogP contribution in [0.2, 0.25) is 0 Å². The molecule has 20 heavy (non-hydrogen) atoms. The fourth-order valence-corrected chi connectivity index (χ4v) is 2.27. The Morgan fingerprint density at radius 1 is 1.30 bits per heavy atom. The highest BCUT2D eigenvalue weighted by atomic mass is 79.9. The largest absolute Gasteiger partial charge is 0.399 e. The highest BCUT2D eigenvalue weighted by molar-refractivity contribution is 9.10. The maximum atomic E-state index is 13.6. The highest BCUT2D eigenvalue weighted by Crippen LogP contribution is 2.19. The minimum absolute atomic E-state index is 0.0492. The Labute approximate surface area is 125 Å². The standard InChI is InChI=1S/C15H14BrFN2O/c1-9(10-3-2-4-11(16)7-10)19-15(20)13-8-12(18)5-6-14(13)17/h2-9H,18H2,1H3,(H,19,20). The normalized spacial score (nSPS) is 11.9. The number of anilines is 1. The van der Waals surface area contributed by atoms with Gasteiger partial charge in [-0.05, 0) is 42.8 Å². The molecular formula is C15H14BrFN2O. The van der Waals surface area contributed by atoms with E-state index < -0.39 is 11.7 Å². The summed E-state index contributed by atoms with van der Waals surface area (Å²) >= 11 is 3.37. The number of hydrogen-bond donors (Lipinski definition) is 2. The van der Waals surface area contributed by atoms with Crippen LogP contribution in [0.5, 0.6) is 0 Å². The first-order valence-electron chi connectivity index (χ1n) is 6.08. The van der Waals surface area contributed by atoms with Gasteiger partial charge in [-0.2, -0.15) is 0 Å². The summed E-state index contributed by atoms with van der Waals surface area (Å²) in [6.45, 7) is 1.84. The Hall–Kier alpha value is -1.88. The predicted octanol–water partition coefficient (Wildman–Crippen LogP) is 3.66. The molecule has 3 nitrogen and oxygen atoms in total. The first-order chi connectivity index (χ1) is 9.47. The van der Waals surface area contributed by atoms with Gasteiger partial charge < -0.3 is 11.1 Å². The van der Waals surface area contributed by atoms with Crippen molar-refractivity contribution >= 4 is 27.5 Å². The molecule has 0 radical (unpaired) electrons. The van der Waals surface area contributed by atoms with Crippen LogP contribution in [0.25, 0.3) is 0 Å². The third-order valence-corrected chi connectivity index (χ3v) is 3.42. The quantitative estimate of drug-likeness (QED) is 0.840. The lowest BCUT2D eigenvalue weighted by Gasteiger charge is -2.15. The molecule has 0 heterocycles. The maximum Gasteiger partial charge on any atom is 0.254 e. The SMILES string of the molecule is CC(NC(=O)c1cc(N)ccc1F)c1cccc(Br)c1. The molecule has 2 aromatic carbocycles. The Kier molecular flexibility index (Phi) is 4.39. The molecule has 0 saturated heterocycles. The molecule has 0 saturated carbocycles. The van der Waals surface area contributed by atoms with Gasteiger partial charge in [-0.3, -0.25) is 4.79 Å². The molecule has 1 unspecified atom stereocenters. The van der Waals surface area contributed by atoms with Crippen molar-refractivity contribution in [3.8, 4) is 0 Å². The molecule has 2 aromatic rings. The molecule has 1 atom stereocenters. The van der Waals surface area contributed by atoms with Crippen molar-refractivity contribution in [3.63, 3.8) is 0 Å². The van der Waals surface area contributed by atoms with Crippen molar-refractivity contribution in [2.75, 3.05) is 5.73 Å². The summed E-state index contributed by atoms with van der Waals surface area (Å²) in [7, 11) is 0. The van der Waals surface area contributed by atoms with Crippen molar-refractivity contribution in [3.05, 3.63) is 63.9 Å². The van der Waals surface area contributed by atoms with E-state index in [1.807, 2.05) is 31.2 Å². The van der Waals surface area contributed by atoms with E-state index in [0.29, 0.717) is 5.69 Å². The van der Waals surface area contributed by atoms with Crippen LogP contribution in [0, 0.1) is 5.82 Å². The molecule has 5 heteroatoms. The third-order valence-electron chi connectivity index (χ3n) is 2.93. The fourth-order valence-electron chi connectivity index (χ4n) is 1.85. The summed E-state index contributed by atoms with van der Waals surface area (Å²) in [4.78, 5) is 12.1. The lowest BCUT2D eigenvalue weighted by Crippen LogP contribution is -2.27. The number of halogens is 2. The number of rotatable bonds is 3. The van der Waals surface area contributed by atoms with Crippen LogP contribution in [0.3, 0.4) is 0 Å². The lowest BCUT2D eigenvalue weighted by atomic mass is 10.1. The van der Waals surface area contributed by atoms with Gasteiger partial charge in [0.2, 0.25) is 0 Å². The van der Waals surface area contributed by atoms with Crippen LogP contribution >= 0.6 is 15.9 Å². The molecule has 0 aliphatic heterocycles. The van der Waals surface area contributed by atoms with Crippen molar-refractivity contribution in [2.24, 2.45) is 0 Å². The van der Waals surface area contributed by atoms with Crippen LogP contribution < -0.4 is 11.1 Å². The summed E-state index contributed by atoms with van der Waals surface area (Å²) in [6.07, 6.45) is 0. The lowest BCUT2D eigenvalue weighted by molar-refractivity contribution is 0.0936. The first-order valence-corrected chi connectivity index (χ1v) is 6.88. The van der Waals surface area contributed by atoms with Crippen LogP contribution in [0.15, 0.2) is 46.9 Å². The van der Waals surface area contributed by atoms with Crippen molar-refractivity contribution in [2.45, 2.75) is 13.0 Å². The van der Waals surface area contributed by atoms with Gasteiger partial charge in [-0.1, -0.05) is 28.1 Å². The molecule has 0 fully saturated rings. The number of carbonyl (C=O) groups excluding carboxylic acids is 1. The van der Waals surface area contributed by atoms with E-state index in [9.17, 15) is 9.18 Å². The number of nitrogen functional groups attached to an aromatic ring is 1. The number of benzene rings is 2. The molecule has 0 aromatic heterocycles. The van der Waals surface area contributed by atoms with Crippen molar-refractivity contribution in [1.82, 2.24) is 5.32 Å². The van der Waals surface area contributed by atoms with Crippen LogP contribution in [0.1, 0.15) is 28.9 Å². The minimum Gasteiger partial charge on any atom is -0.399 e. The van der Waals surface area contributed by atoms with Gasteiger partial charge in [0.1, 0.15) is 5.82 Å². The Morgan fingerprint density at radius 3 is 2.75 bits per heavy atom.